The second-order valence-corrected chi connectivity index (χ2v) is 11.7. The molecule has 0 saturated carbocycles. The zero-order valence-electron chi connectivity index (χ0n) is 25.1. The molecule has 0 aliphatic carbocycles. The summed E-state index contributed by atoms with van der Waals surface area (Å²) in [7, 11) is 0. The molecule has 0 bridgehead atoms. The summed E-state index contributed by atoms with van der Waals surface area (Å²) in [6.45, 7) is 0. The van der Waals surface area contributed by atoms with Crippen LogP contribution in [0.5, 0.6) is 0 Å². The van der Waals surface area contributed by atoms with Gasteiger partial charge in [0.05, 0.1) is 11.1 Å². The Hall–Kier alpha value is -6.12. The van der Waals surface area contributed by atoms with Crippen molar-refractivity contribution in [3.63, 3.8) is 0 Å². The summed E-state index contributed by atoms with van der Waals surface area (Å²) in [6, 6.07) is 62.8. The molecule has 0 radical (unpaired) electrons. The Morgan fingerprint density at radius 3 is 1.85 bits per heavy atom. The van der Waals surface area contributed by atoms with Gasteiger partial charge in [0, 0.05) is 16.8 Å². The topological polar surface area (TPSA) is 16.4 Å². The molecule has 46 heavy (non-hydrogen) atoms. The van der Waals surface area contributed by atoms with Gasteiger partial charge in [0.25, 0.3) is 0 Å². The lowest BCUT2D eigenvalue weighted by molar-refractivity contribution is 0.669. The highest BCUT2D eigenvalue weighted by atomic mass is 16.3. The highest BCUT2D eigenvalue weighted by Crippen LogP contribution is 2.45. The molecule has 0 saturated heterocycles. The molecule has 1 aromatic heterocycles. The maximum absolute atomic E-state index is 6.35. The molecule has 216 valence electrons. The number of furan rings is 1. The van der Waals surface area contributed by atoms with E-state index in [1.54, 1.807) is 0 Å². The molecule has 0 aliphatic rings. The molecular formula is C44H29NO. The van der Waals surface area contributed by atoms with Crippen molar-refractivity contribution in [1.29, 1.82) is 0 Å². The fraction of sp³-hybridized carbons (Fsp3) is 0. The first kappa shape index (κ1) is 26.3. The van der Waals surface area contributed by atoms with Gasteiger partial charge in [-0.3, -0.25) is 0 Å². The number of fused-ring (bicyclic) bond motifs is 5. The first-order chi connectivity index (χ1) is 22.8. The second kappa shape index (κ2) is 10.8. The Kier molecular flexibility index (Phi) is 6.17. The lowest BCUT2D eigenvalue weighted by atomic mass is 9.93. The summed E-state index contributed by atoms with van der Waals surface area (Å²) < 4.78 is 6.35. The van der Waals surface area contributed by atoms with Crippen molar-refractivity contribution in [3.8, 4) is 22.3 Å². The van der Waals surface area contributed by atoms with Gasteiger partial charge in [0.2, 0.25) is 0 Å². The van der Waals surface area contributed by atoms with Crippen LogP contribution in [0.1, 0.15) is 0 Å². The Morgan fingerprint density at radius 1 is 0.370 bits per heavy atom. The van der Waals surface area contributed by atoms with E-state index in [-0.39, 0.29) is 0 Å². The molecule has 9 aromatic rings. The summed E-state index contributed by atoms with van der Waals surface area (Å²) in [5.74, 6) is 0. The van der Waals surface area contributed by atoms with Crippen LogP contribution in [0.4, 0.5) is 17.1 Å². The van der Waals surface area contributed by atoms with Crippen molar-refractivity contribution < 1.29 is 4.42 Å². The molecule has 0 aliphatic heterocycles. The SMILES string of the molecule is c1ccc(-c2cccc(N(c3ccc4c(-c5cccc6ccccc56)cccc4c3)c3cccc4oc5ccccc5c34)c2)cc1. The molecule has 2 nitrogen and oxygen atoms in total. The van der Waals surface area contributed by atoms with Crippen LogP contribution in [-0.4, -0.2) is 0 Å². The molecule has 2 heteroatoms. The van der Waals surface area contributed by atoms with Crippen molar-refractivity contribution in [2.45, 2.75) is 0 Å². The van der Waals surface area contributed by atoms with E-state index in [1.807, 2.05) is 12.1 Å². The molecule has 8 aromatic carbocycles. The Bertz CT molecular complexity index is 2540. The number of hydrogen-bond acceptors (Lipinski definition) is 2. The second-order valence-electron chi connectivity index (χ2n) is 11.7. The first-order valence-electron chi connectivity index (χ1n) is 15.7. The van der Waals surface area contributed by atoms with E-state index in [0.717, 1.165) is 39.0 Å². The Morgan fingerprint density at radius 2 is 0.978 bits per heavy atom. The number of benzene rings is 8. The summed E-state index contributed by atoms with van der Waals surface area (Å²) in [6.07, 6.45) is 0. The van der Waals surface area contributed by atoms with Crippen LogP contribution in [0.3, 0.4) is 0 Å². The largest absolute Gasteiger partial charge is 0.456 e. The third-order valence-electron chi connectivity index (χ3n) is 9.03. The highest BCUT2D eigenvalue weighted by molar-refractivity contribution is 6.14. The van der Waals surface area contributed by atoms with E-state index in [9.17, 15) is 0 Å². The van der Waals surface area contributed by atoms with E-state index >= 15 is 0 Å². The maximum atomic E-state index is 6.35. The Balaban J connectivity index is 1.28. The molecule has 9 rings (SSSR count). The fourth-order valence-corrected chi connectivity index (χ4v) is 6.93. The number of hydrogen-bond donors (Lipinski definition) is 0. The zero-order valence-corrected chi connectivity index (χ0v) is 25.1. The standard InChI is InChI=1S/C44H29NO/c1-2-12-30(13-3-1)32-16-8-18-34(28-32)45(41-23-11-25-43-44(41)40-20-6-7-24-42(40)46-43)35-26-27-37-33(29-35)17-10-22-39(37)38-21-9-15-31-14-4-5-19-36(31)38/h1-29H. The quantitative estimate of drug-likeness (QED) is 0.199. The summed E-state index contributed by atoms with van der Waals surface area (Å²) in [5, 5.41) is 7.14. The van der Waals surface area contributed by atoms with Gasteiger partial charge in [-0.05, 0) is 86.3 Å². The van der Waals surface area contributed by atoms with E-state index in [4.69, 9.17) is 4.42 Å². The van der Waals surface area contributed by atoms with Crippen LogP contribution in [0.25, 0.3) is 65.7 Å². The van der Waals surface area contributed by atoms with Crippen molar-refractivity contribution in [2.24, 2.45) is 0 Å². The minimum absolute atomic E-state index is 0.877. The van der Waals surface area contributed by atoms with Crippen LogP contribution < -0.4 is 4.90 Å². The maximum Gasteiger partial charge on any atom is 0.137 e. The third-order valence-corrected chi connectivity index (χ3v) is 9.03. The van der Waals surface area contributed by atoms with Crippen molar-refractivity contribution in [3.05, 3.63) is 176 Å². The fourth-order valence-electron chi connectivity index (χ4n) is 6.93. The van der Waals surface area contributed by atoms with Crippen LogP contribution in [0.2, 0.25) is 0 Å². The summed E-state index contributed by atoms with van der Waals surface area (Å²) in [5.41, 5.74) is 9.87. The van der Waals surface area contributed by atoms with E-state index in [2.05, 4.69) is 169 Å². The third kappa shape index (κ3) is 4.35. The van der Waals surface area contributed by atoms with Gasteiger partial charge < -0.3 is 9.32 Å². The first-order valence-corrected chi connectivity index (χ1v) is 15.7. The van der Waals surface area contributed by atoms with Gasteiger partial charge in [-0.15, -0.1) is 0 Å². The van der Waals surface area contributed by atoms with E-state index < -0.39 is 0 Å². The normalized spacial score (nSPS) is 11.5. The molecule has 0 atom stereocenters. The predicted molar refractivity (Wildman–Crippen MR) is 194 cm³/mol. The van der Waals surface area contributed by atoms with Gasteiger partial charge in [-0.25, -0.2) is 0 Å². The lowest BCUT2D eigenvalue weighted by Gasteiger charge is -2.27. The highest BCUT2D eigenvalue weighted by Gasteiger charge is 2.20. The minimum Gasteiger partial charge on any atom is -0.456 e. The monoisotopic (exact) mass is 587 g/mol. The molecule has 0 N–H and O–H groups in total. The number of rotatable bonds is 5. The average molecular weight is 588 g/mol. The molecular weight excluding hydrogens is 558 g/mol. The van der Waals surface area contributed by atoms with E-state index in [0.29, 0.717) is 0 Å². The zero-order chi connectivity index (χ0) is 30.5. The summed E-state index contributed by atoms with van der Waals surface area (Å²) >= 11 is 0. The molecule has 0 fully saturated rings. The van der Waals surface area contributed by atoms with Crippen molar-refractivity contribution in [2.75, 3.05) is 4.90 Å². The van der Waals surface area contributed by atoms with Gasteiger partial charge >= 0.3 is 0 Å². The summed E-state index contributed by atoms with van der Waals surface area (Å²) in [4.78, 5) is 2.38. The number of para-hydroxylation sites is 1. The minimum atomic E-state index is 0.877. The van der Waals surface area contributed by atoms with Gasteiger partial charge in [0.1, 0.15) is 11.2 Å². The molecule has 0 amide bonds. The van der Waals surface area contributed by atoms with Gasteiger partial charge in [-0.2, -0.15) is 0 Å². The van der Waals surface area contributed by atoms with Gasteiger partial charge in [0.15, 0.2) is 0 Å². The van der Waals surface area contributed by atoms with Crippen molar-refractivity contribution >= 4 is 60.5 Å². The van der Waals surface area contributed by atoms with Crippen LogP contribution in [-0.2, 0) is 0 Å². The van der Waals surface area contributed by atoms with Crippen LogP contribution >= 0.6 is 0 Å². The Labute approximate surface area is 267 Å². The average Bonchev–Trinajstić information content (AvgIpc) is 3.51. The van der Waals surface area contributed by atoms with Crippen LogP contribution in [0, 0.1) is 0 Å². The predicted octanol–water partition coefficient (Wildman–Crippen LogP) is 12.7. The molecule has 0 spiro atoms. The van der Waals surface area contributed by atoms with Crippen molar-refractivity contribution in [1.82, 2.24) is 0 Å². The van der Waals surface area contributed by atoms with Crippen LogP contribution in [0.15, 0.2) is 180 Å². The molecule has 1 heterocycles. The van der Waals surface area contributed by atoms with Gasteiger partial charge in [-0.1, -0.05) is 133 Å². The molecule has 0 unspecified atom stereocenters. The smallest absolute Gasteiger partial charge is 0.137 e. The lowest BCUT2D eigenvalue weighted by Crippen LogP contribution is -2.10. The number of anilines is 3. The van der Waals surface area contributed by atoms with E-state index in [1.165, 1.54) is 43.8 Å². The number of nitrogens with zero attached hydrogens (tertiary/aromatic N) is 1.